The van der Waals surface area contributed by atoms with E-state index in [2.05, 4.69) is 10.1 Å². The number of hydrogen-bond acceptors (Lipinski definition) is 7. The van der Waals surface area contributed by atoms with Gasteiger partial charge in [0.15, 0.2) is 11.5 Å². The van der Waals surface area contributed by atoms with Gasteiger partial charge in [0.1, 0.15) is 5.70 Å². The van der Waals surface area contributed by atoms with E-state index in [0.717, 1.165) is 17.2 Å². The predicted octanol–water partition coefficient (Wildman–Crippen LogP) is 3.01. The lowest BCUT2D eigenvalue weighted by Gasteiger charge is -2.15. The van der Waals surface area contributed by atoms with E-state index >= 15 is 0 Å². The third kappa shape index (κ3) is 4.78. The highest BCUT2D eigenvalue weighted by Crippen LogP contribution is 2.35. The van der Waals surface area contributed by atoms with Crippen molar-refractivity contribution in [2.75, 3.05) is 33.8 Å². The minimum atomic E-state index is -0.692. The fourth-order valence-electron chi connectivity index (χ4n) is 2.43. The molecule has 0 radical (unpaired) electrons. The molecule has 0 spiro atoms. The summed E-state index contributed by atoms with van der Waals surface area (Å²) in [6.45, 7) is 0. The van der Waals surface area contributed by atoms with Crippen LogP contribution in [-0.2, 0) is 19.1 Å². The first kappa shape index (κ1) is 19.8. The summed E-state index contributed by atoms with van der Waals surface area (Å²) in [5.41, 5.74) is 2.18. The summed E-state index contributed by atoms with van der Waals surface area (Å²) in [4.78, 5) is 23.6. The van der Waals surface area contributed by atoms with Gasteiger partial charge in [0.2, 0.25) is 0 Å². The van der Waals surface area contributed by atoms with Gasteiger partial charge in [-0.15, -0.1) is 0 Å². The molecule has 7 nitrogen and oxygen atoms in total. The lowest BCUT2D eigenvalue weighted by molar-refractivity contribution is -0.138. The van der Waals surface area contributed by atoms with Gasteiger partial charge in [-0.2, -0.15) is 0 Å². The van der Waals surface area contributed by atoms with E-state index in [1.54, 1.807) is 32.4 Å². The predicted molar refractivity (Wildman–Crippen MR) is 101 cm³/mol. The summed E-state index contributed by atoms with van der Waals surface area (Å²) in [5, 5.41) is 2.94. The Morgan fingerprint density at radius 1 is 0.889 bits per heavy atom. The normalized spacial score (nSPS) is 10.7. The van der Waals surface area contributed by atoms with Crippen molar-refractivity contribution in [2.24, 2.45) is 0 Å². The van der Waals surface area contributed by atoms with Crippen LogP contribution >= 0.6 is 0 Å². The standard InChI is InChI=1S/C20H21NO6/c1-24-17-10-9-13(11-18(17)25-2)14-7-5-6-8-15(14)21-16(20(23)27-4)12-19(22)26-3/h5-12,21H,1-4H3/b16-12+. The van der Waals surface area contributed by atoms with Gasteiger partial charge >= 0.3 is 11.9 Å². The highest BCUT2D eigenvalue weighted by atomic mass is 16.5. The number of hydrogen-bond donors (Lipinski definition) is 1. The summed E-state index contributed by atoms with van der Waals surface area (Å²) >= 11 is 0. The minimum Gasteiger partial charge on any atom is -0.493 e. The van der Waals surface area contributed by atoms with Crippen LogP contribution in [0.4, 0.5) is 5.69 Å². The number of anilines is 1. The Morgan fingerprint density at radius 3 is 2.22 bits per heavy atom. The van der Waals surface area contributed by atoms with Gasteiger partial charge in [-0.05, 0) is 23.8 Å². The molecule has 0 saturated carbocycles. The number of carbonyl (C=O) groups is 2. The molecule has 0 fully saturated rings. The third-order valence-corrected chi connectivity index (χ3v) is 3.76. The fraction of sp³-hybridized carbons (Fsp3) is 0.200. The summed E-state index contributed by atoms with van der Waals surface area (Å²) in [6, 6.07) is 12.8. The van der Waals surface area contributed by atoms with Gasteiger partial charge < -0.3 is 24.3 Å². The highest BCUT2D eigenvalue weighted by molar-refractivity contribution is 5.99. The second kappa shape index (κ2) is 9.28. The average molecular weight is 371 g/mol. The molecule has 0 aliphatic carbocycles. The molecule has 2 rings (SSSR count). The lowest BCUT2D eigenvalue weighted by Crippen LogP contribution is -2.15. The summed E-state index contributed by atoms with van der Waals surface area (Å²) in [5.74, 6) is -0.190. The molecule has 27 heavy (non-hydrogen) atoms. The maximum Gasteiger partial charge on any atom is 0.354 e. The first-order valence-electron chi connectivity index (χ1n) is 8.00. The smallest absolute Gasteiger partial charge is 0.354 e. The van der Waals surface area contributed by atoms with Gasteiger partial charge in [-0.3, -0.25) is 0 Å². The highest BCUT2D eigenvalue weighted by Gasteiger charge is 2.16. The Bertz CT molecular complexity index is 859. The van der Waals surface area contributed by atoms with E-state index in [-0.39, 0.29) is 5.70 Å². The molecule has 0 heterocycles. The molecule has 1 N–H and O–H groups in total. The maximum atomic E-state index is 12.0. The van der Waals surface area contributed by atoms with Crippen molar-refractivity contribution in [2.45, 2.75) is 0 Å². The number of esters is 2. The number of para-hydroxylation sites is 1. The molecule has 0 atom stereocenters. The first-order valence-corrected chi connectivity index (χ1v) is 8.00. The molecular formula is C20H21NO6. The van der Waals surface area contributed by atoms with E-state index in [4.69, 9.17) is 14.2 Å². The average Bonchev–Trinajstić information content (AvgIpc) is 2.72. The van der Waals surface area contributed by atoms with Gasteiger partial charge in [0.25, 0.3) is 0 Å². The fourth-order valence-corrected chi connectivity index (χ4v) is 2.43. The SMILES string of the molecule is COC(=O)/C=C(/Nc1ccccc1-c1ccc(OC)c(OC)c1)C(=O)OC. The summed E-state index contributed by atoms with van der Waals surface area (Å²) < 4.78 is 19.9. The van der Waals surface area contributed by atoms with Gasteiger partial charge in [0, 0.05) is 11.3 Å². The van der Waals surface area contributed by atoms with Crippen LogP contribution in [0.5, 0.6) is 11.5 Å². The van der Waals surface area contributed by atoms with Crippen LogP contribution in [0.15, 0.2) is 54.2 Å². The monoisotopic (exact) mass is 371 g/mol. The summed E-state index contributed by atoms with van der Waals surface area (Å²) in [7, 11) is 5.58. The molecule has 2 aromatic carbocycles. The van der Waals surface area contributed by atoms with Crippen LogP contribution < -0.4 is 14.8 Å². The number of benzene rings is 2. The Labute approximate surface area is 157 Å². The molecule has 7 heteroatoms. The van der Waals surface area contributed by atoms with Crippen LogP contribution in [0.1, 0.15) is 0 Å². The van der Waals surface area contributed by atoms with E-state index < -0.39 is 11.9 Å². The molecule has 0 bridgehead atoms. The number of ether oxygens (including phenoxy) is 4. The van der Waals surface area contributed by atoms with Crippen LogP contribution in [0.2, 0.25) is 0 Å². The molecule has 0 aliphatic heterocycles. The van der Waals surface area contributed by atoms with Crippen molar-refractivity contribution in [1.29, 1.82) is 0 Å². The topological polar surface area (TPSA) is 83.1 Å². The van der Waals surface area contributed by atoms with Crippen LogP contribution in [-0.4, -0.2) is 40.4 Å². The molecule has 0 amide bonds. The second-order valence-corrected chi connectivity index (χ2v) is 5.31. The molecule has 2 aromatic rings. The third-order valence-electron chi connectivity index (χ3n) is 3.76. The lowest BCUT2D eigenvalue weighted by atomic mass is 10.0. The quantitative estimate of drug-likeness (QED) is 0.592. The number of nitrogens with one attached hydrogen (secondary N) is 1. The zero-order chi connectivity index (χ0) is 19.8. The zero-order valence-electron chi connectivity index (χ0n) is 15.6. The van der Waals surface area contributed by atoms with Crippen molar-refractivity contribution >= 4 is 17.6 Å². The van der Waals surface area contributed by atoms with E-state index in [1.807, 2.05) is 24.3 Å². The Kier molecular flexibility index (Phi) is 6.82. The first-order chi connectivity index (χ1) is 13.0. The van der Waals surface area contributed by atoms with Crippen LogP contribution in [0.3, 0.4) is 0 Å². The van der Waals surface area contributed by atoms with Crippen molar-refractivity contribution in [3.63, 3.8) is 0 Å². The van der Waals surface area contributed by atoms with E-state index in [0.29, 0.717) is 17.2 Å². The maximum absolute atomic E-state index is 12.0. The number of methoxy groups -OCH3 is 4. The van der Waals surface area contributed by atoms with Crippen LogP contribution in [0.25, 0.3) is 11.1 Å². The van der Waals surface area contributed by atoms with Crippen LogP contribution in [0, 0.1) is 0 Å². The molecular weight excluding hydrogens is 350 g/mol. The Balaban J connectivity index is 2.47. The largest absolute Gasteiger partial charge is 0.493 e. The van der Waals surface area contributed by atoms with E-state index in [1.165, 1.54) is 14.2 Å². The number of carbonyl (C=O) groups excluding carboxylic acids is 2. The molecule has 0 saturated heterocycles. The zero-order valence-corrected chi connectivity index (χ0v) is 15.6. The molecule has 0 unspecified atom stereocenters. The minimum absolute atomic E-state index is 0.0442. The molecule has 0 aliphatic rings. The van der Waals surface area contributed by atoms with Gasteiger partial charge in [0.05, 0.1) is 34.5 Å². The van der Waals surface area contributed by atoms with Crippen molar-refractivity contribution in [3.05, 3.63) is 54.2 Å². The Morgan fingerprint density at radius 2 is 1.59 bits per heavy atom. The molecule has 0 aromatic heterocycles. The number of rotatable bonds is 7. The van der Waals surface area contributed by atoms with E-state index in [9.17, 15) is 9.59 Å². The van der Waals surface area contributed by atoms with Gasteiger partial charge in [-0.25, -0.2) is 9.59 Å². The van der Waals surface area contributed by atoms with Gasteiger partial charge in [-0.1, -0.05) is 24.3 Å². The van der Waals surface area contributed by atoms with Crippen molar-refractivity contribution < 1.29 is 28.5 Å². The second-order valence-electron chi connectivity index (χ2n) is 5.31. The van der Waals surface area contributed by atoms with Crippen molar-refractivity contribution in [3.8, 4) is 22.6 Å². The summed E-state index contributed by atoms with van der Waals surface area (Å²) in [6.07, 6.45) is 1.04. The Hall–Kier alpha value is -3.48. The molecule has 142 valence electrons. The van der Waals surface area contributed by atoms with Crippen molar-refractivity contribution in [1.82, 2.24) is 0 Å².